The minimum absolute atomic E-state index is 0.158. The fourth-order valence-corrected chi connectivity index (χ4v) is 2.49. The second-order valence-electron chi connectivity index (χ2n) is 7.30. The number of nitrogens with zero attached hydrogens (tertiary/aromatic N) is 1. The third kappa shape index (κ3) is 8.52. The number of nitrogens with two attached hydrogens (primary N) is 2. The van der Waals surface area contributed by atoms with Crippen molar-refractivity contribution in [3.05, 3.63) is 23.5 Å². The SMILES string of the molecule is C/C(=C/NCCN(CCN/C=C(/C)C(N)=O)C(=O)CC1OC(C)(C)OC1=O)C(N)=O. The molecule has 11 heteroatoms. The van der Waals surface area contributed by atoms with Crippen LogP contribution in [0, 0.1) is 0 Å². The topological polar surface area (TPSA) is 166 Å². The smallest absolute Gasteiger partial charge is 0.338 e. The van der Waals surface area contributed by atoms with E-state index in [4.69, 9.17) is 20.9 Å². The van der Waals surface area contributed by atoms with E-state index in [0.29, 0.717) is 37.3 Å². The fourth-order valence-electron chi connectivity index (χ4n) is 2.49. The van der Waals surface area contributed by atoms with Gasteiger partial charge in [-0.1, -0.05) is 0 Å². The van der Waals surface area contributed by atoms with Crippen molar-refractivity contribution in [2.45, 2.75) is 46.0 Å². The maximum Gasteiger partial charge on any atom is 0.338 e. The zero-order chi connectivity index (χ0) is 22.9. The Morgan fingerprint density at radius 2 is 1.50 bits per heavy atom. The predicted octanol–water partition coefficient (Wildman–Crippen LogP) is -1.16. The summed E-state index contributed by atoms with van der Waals surface area (Å²) in [7, 11) is 0. The molecular formula is C19H31N5O6. The largest absolute Gasteiger partial charge is 0.432 e. The van der Waals surface area contributed by atoms with Crippen molar-refractivity contribution in [2.75, 3.05) is 26.2 Å². The van der Waals surface area contributed by atoms with Gasteiger partial charge in [-0.05, 0) is 13.8 Å². The van der Waals surface area contributed by atoms with E-state index in [9.17, 15) is 19.2 Å². The third-order valence-corrected chi connectivity index (χ3v) is 4.21. The Hall–Kier alpha value is -3.08. The number of cyclic esters (lactones) is 1. The van der Waals surface area contributed by atoms with Crippen molar-refractivity contribution in [3.8, 4) is 0 Å². The van der Waals surface area contributed by atoms with Crippen molar-refractivity contribution in [2.24, 2.45) is 11.5 Å². The molecule has 0 spiro atoms. The number of hydrogen-bond donors (Lipinski definition) is 4. The maximum atomic E-state index is 12.7. The van der Waals surface area contributed by atoms with E-state index in [1.165, 1.54) is 17.3 Å². The van der Waals surface area contributed by atoms with Gasteiger partial charge >= 0.3 is 5.97 Å². The summed E-state index contributed by atoms with van der Waals surface area (Å²) in [5, 5.41) is 5.84. The number of hydrogen-bond acceptors (Lipinski definition) is 8. The summed E-state index contributed by atoms with van der Waals surface area (Å²) in [6, 6.07) is 0. The highest BCUT2D eigenvalue weighted by molar-refractivity contribution is 5.91. The molecule has 1 atom stereocenters. The number of amides is 3. The molecule has 0 radical (unpaired) electrons. The fraction of sp³-hybridized carbons (Fsp3) is 0.579. The van der Waals surface area contributed by atoms with Crippen LogP contribution in [0.15, 0.2) is 23.5 Å². The maximum absolute atomic E-state index is 12.7. The monoisotopic (exact) mass is 425 g/mol. The van der Waals surface area contributed by atoms with E-state index in [0.717, 1.165) is 0 Å². The lowest BCUT2D eigenvalue weighted by molar-refractivity contribution is -0.161. The highest BCUT2D eigenvalue weighted by Crippen LogP contribution is 2.25. The lowest BCUT2D eigenvalue weighted by atomic mass is 10.2. The standard InChI is InChI=1S/C19H31N5O6/c1-12(16(20)26)10-22-5-7-24(8-6-23-11-13(2)17(21)27)15(25)9-14-18(28)30-19(3,4)29-14/h10-11,14,22-23H,5-9H2,1-4H3,(H2,20,26)(H2,21,27)/b12-10-,13-11-. The number of rotatable bonds is 12. The summed E-state index contributed by atoms with van der Waals surface area (Å²) >= 11 is 0. The molecule has 1 aliphatic heterocycles. The van der Waals surface area contributed by atoms with Crippen LogP contribution in [0.1, 0.15) is 34.1 Å². The van der Waals surface area contributed by atoms with Crippen molar-refractivity contribution < 1.29 is 28.7 Å². The van der Waals surface area contributed by atoms with Gasteiger partial charge in [0.15, 0.2) is 6.10 Å². The minimum Gasteiger partial charge on any atom is -0.432 e. The summed E-state index contributed by atoms with van der Waals surface area (Å²) in [5.41, 5.74) is 11.0. The molecule has 1 fully saturated rings. The Bertz CT molecular complexity index is 695. The zero-order valence-electron chi connectivity index (χ0n) is 17.8. The quantitative estimate of drug-likeness (QED) is 0.173. The van der Waals surface area contributed by atoms with Gasteiger partial charge < -0.3 is 36.5 Å². The van der Waals surface area contributed by atoms with Gasteiger partial charge in [0.1, 0.15) is 0 Å². The molecule has 0 aromatic carbocycles. The molecule has 1 rings (SSSR count). The van der Waals surface area contributed by atoms with Crippen LogP contribution in [0.2, 0.25) is 0 Å². The highest BCUT2D eigenvalue weighted by atomic mass is 16.8. The Balaban J connectivity index is 2.68. The molecule has 1 unspecified atom stereocenters. The van der Waals surface area contributed by atoms with Crippen LogP contribution in [0.4, 0.5) is 0 Å². The van der Waals surface area contributed by atoms with Gasteiger partial charge in [-0.15, -0.1) is 0 Å². The van der Waals surface area contributed by atoms with Crippen molar-refractivity contribution >= 4 is 23.7 Å². The molecule has 0 bridgehead atoms. The van der Waals surface area contributed by atoms with Gasteiger partial charge in [0.25, 0.3) is 0 Å². The van der Waals surface area contributed by atoms with Crippen LogP contribution in [0.25, 0.3) is 0 Å². The van der Waals surface area contributed by atoms with E-state index in [1.807, 2.05) is 0 Å². The normalized spacial score (nSPS) is 18.5. The molecule has 0 aliphatic carbocycles. The van der Waals surface area contributed by atoms with Gasteiger partial charge in [0, 0.05) is 63.6 Å². The number of nitrogens with one attached hydrogen (secondary N) is 2. The van der Waals surface area contributed by atoms with Crippen LogP contribution < -0.4 is 22.1 Å². The van der Waals surface area contributed by atoms with Crippen LogP contribution >= 0.6 is 0 Å². The Kier molecular flexibility index (Phi) is 9.31. The average Bonchev–Trinajstić information content (AvgIpc) is 2.90. The predicted molar refractivity (Wildman–Crippen MR) is 108 cm³/mol. The number of esters is 1. The van der Waals surface area contributed by atoms with Crippen LogP contribution in [0.5, 0.6) is 0 Å². The van der Waals surface area contributed by atoms with Crippen LogP contribution in [0.3, 0.4) is 0 Å². The molecule has 1 heterocycles. The van der Waals surface area contributed by atoms with E-state index >= 15 is 0 Å². The number of carbonyl (C=O) groups excluding carboxylic acids is 4. The first-order valence-electron chi connectivity index (χ1n) is 9.51. The molecule has 0 aromatic rings. The van der Waals surface area contributed by atoms with E-state index in [1.54, 1.807) is 27.7 Å². The van der Waals surface area contributed by atoms with Crippen molar-refractivity contribution in [1.82, 2.24) is 15.5 Å². The molecule has 30 heavy (non-hydrogen) atoms. The van der Waals surface area contributed by atoms with E-state index in [-0.39, 0.29) is 12.3 Å². The summed E-state index contributed by atoms with van der Waals surface area (Å²) in [6.07, 6.45) is 1.82. The first kappa shape index (κ1) is 25.0. The Morgan fingerprint density at radius 3 is 1.87 bits per heavy atom. The second-order valence-corrected chi connectivity index (χ2v) is 7.30. The van der Waals surface area contributed by atoms with Crippen LogP contribution in [-0.2, 0) is 28.7 Å². The summed E-state index contributed by atoms with van der Waals surface area (Å²) in [5.74, 6) is -3.04. The van der Waals surface area contributed by atoms with Gasteiger partial charge in [0.05, 0.1) is 6.42 Å². The van der Waals surface area contributed by atoms with Gasteiger partial charge in [-0.3, -0.25) is 14.4 Å². The number of carbonyl (C=O) groups is 4. The first-order chi connectivity index (χ1) is 13.9. The van der Waals surface area contributed by atoms with Crippen LogP contribution in [-0.4, -0.2) is 66.7 Å². The van der Waals surface area contributed by atoms with Crippen molar-refractivity contribution in [3.63, 3.8) is 0 Å². The summed E-state index contributed by atoms with van der Waals surface area (Å²) in [4.78, 5) is 48.2. The molecule has 0 saturated carbocycles. The molecule has 168 valence electrons. The molecule has 11 nitrogen and oxygen atoms in total. The van der Waals surface area contributed by atoms with Gasteiger partial charge in [0.2, 0.25) is 23.5 Å². The first-order valence-corrected chi connectivity index (χ1v) is 9.51. The Morgan fingerprint density at radius 1 is 1.03 bits per heavy atom. The summed E-state index contributed by atoms with van der Waals surface area (Å²) in [6.45, 7) is 7.64. The molecule has 6 N–H and O–H groups in total. The number of ether oxygens (including phenoxy) is 2. The third-order valence-electron chi connectivity index (χ3n) is 4.21. The minimum atomic E-state index is -1.07. The molecule has 3 amide bonds. The lowest BCUT2D eigenvalue weighted by Gasteiger charge is -2.24. The Labute approximate surface area is 175 Å². The molecular weight excluding hydrogens is 394 g/mol. The molecule has 0 aromatic heterocycles. The lowest BCUT2D eigenvalue weighted by Crippen LogP contribution is -2.41. The average molecular weight is 425 g/mol. The molecule has 1 aliphatic rings. The van der Waals surface area contributed by atoms with Crippen molar-refractivity contribution in [1.29, 1.82) is 0 Å². The summed E-state index contributed by atoms with van der Waals surface area (Å²) < 4.78 is 10.6. The van der Waals surface area contributed by atoms with E-state index < -0.39 is 29.7 Å². The van der Waals surface area contributed by atoms with E-state index in [2.05, 4.69) is 10.6 Å². The zero-order valence-corrected chi connectivity index (χ0v) is 17.8. The second kappa shape index (κ2) is 11.2. The van der Waals surface area contributed by atoms with Gasteiger partial charge in [-0.2, -0.15) is 0 Å². The van der Waals surface area contributed by atoms with Gasteiger partial charge in [-0.25, -0.2) is 4.79 Å². The molecule has 1 saturated heterocycles. The highest BCUT2D eigenvalue weighted by Gasteiger charge is 2.42. The number of primary amides is 2.